The third kappa shape index (κ3) is 8.73. The molecule has 0 bridgehead atoms. The summed E-state index contributed by atoms with van der Waals surface area (Å²) >= 11 is 0. The largest absolute Gasteiger partial charge is 0.451 e. The topological polar surface area (TPSA) is 269 Å². The Balaban J connectivity index is 0.000000230. The van der Waals surface area contributed by atoms with Gasteiger partial charge in [-0.05, 0) is 50.2 Å². The summed E-state index contributed by atoms with van der Waals surface area (Å²) in [6.07, 6.45) is -8.08. The van der Waals surface area contributed by atoms with E-state index < -0.39 is 94.5 Å². The second-order valence-electron chi connectivity index (χ2n) is 12.4. The van der Waals surface area contributed by atoms with Gasteiger partial charge in [-0.1, -0.05) is 4.41 Å². The van der Waals surface area contributed by atoms with Crippen molar-refractivity contribution in [2.24, 2.45) is 5.14 Å². The number of sulfonamides is 2. The van der Waals surface area contributed by atoms with Gasteiger partial charge in [0.15, 0.2) is 0 Å². The molecule has 322 valence electrons. The molecule has 0 saturated heterocycles. The number of nitrogens with one attached hydrogen (secondary N) is 2. The van der Waals surface area contributed by atoms with E-state index >= 15 is 0 Å². The fourth-order valence-electron chi connectivity index (χ4n) is 5.98. The number of aromatic amines is 2. The highest BCUT2D eigenvalue weighted by Crippen LogP contribution is 2.40. The molecular weight excluding hydrogens is 863 g/mol. The summed E-state index contributed by atoms with van der Waals surface area (Å²) in [6.45, 7) is 3.83. The van der Waals surface area contributed by atoms with Gasteiger partial charge in [0, 0.05) is 36.6 Å². The second kappa shape index (κ2) is 15.9. The van der Waals surface area contributed by atoms with E-state index in [9.17, 15) is 67.2 Å². The van der Waals surface area contributed by atoms with Crippen LogP contribution in [0.3, 0.4) is 0 Å². The van der Waals surface area contributed by atoms with E-state index in [1.165, 1.54) is 33.9 Å². The molecule has 0 spiro atoms. The van der Waals surface area contributed by atoms with Gasteiger partial charge in [0.1, 0.15) is 5.88 Å². The van der Waals surface area contributed by atoms with E-state index in [1.54, 1.807) is 13.8 Å². The first-order valence-corrected chi connectivity index (χ1v) is 20.2. The Morgan fingerprint density at radius 3 is 1.58 bits per heavy atom. The number of benzene rings is 2. The molecule has 2 aromatic carbocycles. The average molecular weight is 893 g/mol. The molecule has 6 rings (SSSR count). The van der Waals surface area contributed by atoms with E-state index in [-0.39, 0.29) is 50.0 Å². The number of amides is 1. The highest BCUT2D eigenvalue weighted by molar-refractivity contribution is 7.92. The summed E-state index contributed by atoms with van der Waals surface area (Å²) in [4.78, 5) is 66.1. The van der Waals surface area contributed by atoms with Crippen molar-refractivity contribution in [2.45, 2.75) is 45.2 Å². The first-order valence-electron chi connectivity index (χ1n) is 16.6. The Kier molecular flexibility index (Phi) is 11.8. The number of hydrogen-bond donors (Lipinski definition) is 3. The quantitative estimate of drug-likeness (QED) is 0.186. The minimum absolute atomic E-state index is 0.0341. The van der Waals surface area contributed by atoms with Crippen LogP contribution in [-0.4, -0.2) is 75.1 Å². The third-order valence-electron chi connectivity index (χ3n) is 8.46. The summed E-state index contributed by atoms with van der Waals surface area (Å²) in [5.74, 6) is -1.11. The lowest BCUT2D eigenvalue weighted by Gasteiger charge is -2.20. The summed E-state index contributed by atoms with van der Waals surface area (Å²) in [5.41, 5.74) is -8.80. The monoisotopic (exact) mass is 892 g/mol. The zero-order chi connectivity index (χ0) is 44.9. The number of carbonyl (C=O) groups excluding carboxylic acids is 1. The molecule has 0 fully saturated rings. The van der Waals surface area contributed by atoms with Crippen LogP contribution in [-0.2, 0) is 56.1 Å². The molecule has 1 amide bonds. The van der Waals surface area contributed by atoms with Gasteiger partial charge in [-0.3, -0.25) is 19.0 Å². The number of aromatic nitrogens is 8. The van der Waals surface area contributed by atoms with Gasteiger partial charge < -0.3 is 14.7 Å². The lowest BCUT2D eigenvalue weighted by Crippen LogP contribution is -2.55. The number of rotatable bonds is 8. The standard InChI is InChI=1S/C17H16F3N5O6S.C15H14F3N5O4S/c1-4-23-13(5-6-21-23)9-7-10-12(8-11(9)17(18,19)20)22-15(27)24(14(10)26)25(16(28)31-2)32(3,29)30;1-2-23-12(3-4-20-23)8-5-9-11(6-10(8)15(16,17)18)21-14(25)22(13(9)24)7-28(19,26)27/h5-8H,4H2,1-3H3,(H,22,27);3-6H,2,7H2,1H3,(H,21,25)(H2,19,26,27). The molecule has 0 radical (unpaired) electrons. The molecule has 4 heterocycles. The van der Waals surface area contributed by atoms with Gasteiger partial charge in [-0.2, -0.15) is 36.5 Å². The number of hydrogen-bond acceptors (Lipinski definition) is 12. The summed E-state index contributed by atoms with van der Waals surface area (Å²) in [6, 6.07) is 5.68. The van der Waals surface area contributed by atoms with E-state index in [0.29, 0.717) is 23.0 Å². The van der Waals surface area contributed by atoms with Crippen LogP contribution in [0.5, 0.6) is 0 Å². The van der Waals surface area contributed by atoms with Crippen molar-refractivity contribution >= 4 is 47.9 Å². The Morgan fingerprint density at radius 1 is 0.767 bits per heavy atom. The third-order valence-corrected chi connectivity index (χ3v) is 10.0. The van der Waals surface area contributed by atoms with Crippen LogP contribution in [0.2, 0.25) is 0 Å². The number of methoxy groups -OCH3 is 1. The maximum absolute atomic E-state index is 13.8. The van der Waals surface area contributed by atoms with E-state index in [0.717, 1.165) is 19.2 Å². The fourth-order valence-corrected chi connectivity index (χ4v) is 7.36. The highest BCUT2D eigenvalue weighted by atomic mass is 32.2. The molecular formula is C32H30F6N10O10S2. The Hall–Kier alpha value is -6.55. The number of aryl methyl sites for hydroxylation is 2. The predicted molar refractivity (Wildman–Crippen MR) is 200 cm³/mol. The molecule has 20 nitrogen and oxygen atoms in total. The summed E-state index contributed by atoms with van der Waals surface area (Å²) in [7, 11) is -7.95. The molecule has 0 aliphatic rings. The van der Waals surface area contributed by atoms with Crippen molar-refractivity contribution < 1.29 is 52.7 Å². The number of H-pyrrole nitrogens is 2. The molecule has 60 heavy (non-hydrogen) atoms. The number of ether oxygens (including phenoxy) is 1. The van der Waals surface area contributed by atoms with Crippen molar-refractivity contribution in [3.63, 3.8) is 0 Å². The normalized spacial score (nSPS) is 12.4. The zero-order valence-electron chi connectivity index (χ0n) is 31.1. The van der Waals surface area contributed by atoms with Gasteiger partial charge in [-0.15, -0.1) is 4.68 Å². The second-order valence-corrected chi connectivity index (χ2v) is 15.8. The van der Waals surface area contributed by atoms with Crippen molar-refractivity contribution in [1.29, 1.82) is 0 Å². The predicted octanol–water partition coefficient (Wildman–Crippen LogP) is 2.09. The Labute approximate surface area is 331 Å². The molecule has 0 saturated carbocycles. The lowest BCUT2D eigenvalue weighted by atomic mass is 10.0. The molecule has 0 aliphatic carbocycles. The van der Waals surface area contributed by atoms with Gasteiger partial charge in [0.05, 0.1) is 57.7 Å². The van der Waals surface area contributed by atoms with Crippen LogP contribution in [0.4, 0.5) is 31.1 Å². The minimum atomic E-state index is -4.86. The number of nitrogens with zero attached hydrogens (tertiary/aromatic N) is 7. The fraction of sp³-hybridized carbons (Fsp3) is 0.281. The summed E-state index contributed by atoms with van der Waals surface area (Å²) < 4.78 is 136. The van der Waals surface area contributed by atoms with E-state index in [4.69, 9.17) is 5.14 Å². The lowest BCUT2D eigenvalue weighted by molar-refractivity contribution is -0.137. The maximum Gasteiger partial charge on any atom is 0.443 e. The molecule has 4 aromatic heterocycles. The van der Waals surface area contributed by atoms with Crippen molar-refractivity contribution in [2.75, 3.05) is 17.8 Å². The van der Waals surface area contributed by atoms with Crippen molar-refractivity contribution in [3.8, 4) is 22.5 Å². The number of fused-ring (bicyclic) bond motifs is 2. The number of halogens is 6. The number of alkyl halides is 6. The van der Waals surface area contributed by atoms with Crippen LogP contribution >= 0.6 is 0 Å². The van der Waals surface area contributed by atoms with Gasteiger partial charge in [0.25, 0.3) is 21.1 Å². The van der Waals surface area contributed by atoms with Crippen LogP contribution < -0.4 is 32.1 Å². The SMILES string of the molecule is CCn1nccc1-c1cc2c(=O)n(CS(N)(=O)=O)c(=O)[nH]c2cc1C(F)(F)F.CCn1nccc1-c1cc2c(=O)n(N(C(=O)OC)S(C)(=O)=O)c(=O)[nH]c2cc1C(F)(F)F. The van der Waals surface area contributed by atoms with Crippen LogP contribution in [0.25, 0.3) is 44.3 Å². The smallest absolute Gasteiger partial charge is 0.443 e. The molecule has 28 heteroatoms. The van der Waals surface area contributed by atoms with Crippen LogP contribution in [0.1, 0.15) is 25.0 Å². The zero-order valence-corrected chi connectivity index (χ0v) is 32.7. The molecule has 0 atom stereocenters. The average Bonchev–Trinajstić information content (AvgIpc) is 3.82. The number of carbonyl (C=O) groups is 1. The Bertz CT molecular complexity index is 3150. The first kappa shape index (κ1) is 44.6. The van der Waals surface area contributed by atoms with E-state index in [2.05, 4.69) is 19.9 Å². The molecule has 4 N–H and O–H groups in total. The number of nitrogens with two attached hydrogens (primary N) is 1. The molecule has 0 aliphatic heterocycles. The van der Waals surface area contributed by atoms with Gasteiger partial charge >= 0.3 is 29.8 Å². The maximum atomic E-state index is 13.8. The van der Waals surface area contributed by atoms with Gasteiger partial charge in [0.2, 0.25) is 10.0 Å². The van der Waals surface area contributed by atoms with E-state index in [1.807, 2.05) is 4.98 Å². The minimum Gasteiger partial charge on any atom is -0.451 e. The highest BCUT2D eigenvalue weighted by Gasteiger charge is 2.37. The van der Waals surface area contributed by atoms with Crippen molar-refractivity contribution in [1.82, 2.24) is 38.8 Å². The number of primary sulfonamides is 1. The van der Waals surface area contributed by atoms with Crippen molar-refractivity contribution in [3.05, 3.63) is 102 Å². The Morgan fingerprint density at radius 2 is 1.20 bits per heavy atom. The van der Waals surface area contributed by atoms with Gasteiger partial charge in [-0.25, -0.2) is 40.9 Å². The first-order chi connectivity index (χ1) is 27.7. The van der Waals surface area contributed by atoms with Crippen LogP contribution in [0, 0.1) is 0 Å². The molecule has 0 unspecified atom stereocenters. The van der Waals surface area contributed by atoms with Crippen LogP contribution in [0.15, 0.2) is 68.0 Å². The summed E-state index contributed by atoms with van der Waals surface area (Å²) in [5, 5.41) is 12.0. The molecule has 6 aromatic rings.